The summed E-state index contributed by atoms with van der Waals surface area (Å²) < 4.78 is 0. The summed E-state index contributed by atoms with van der Waals surface area (Å²) in [5, 5.41) is 0. The van der Waals surface area contributed by atoms with Crippen molar-refractivity contribution in [3.63, 3.8) is 0 Å². The van der Waals surface area contributed by atoms with Crippen molar-refractivity contribution in [2.24, 2.45) is 0 Å². The van der Waals surface area contributed by atoms with E-state index in [2.05, 4.69) is 6.92 Å². The van der Waals surface area contributed by atoms with E-state index in [-0.39, 0.29) is 21.7 Å². The van der Waals surface area contributed by atoms with Crippen LogP contribution in [0, 0.1) is 6.92 Å². The fraction of sp³-hybridized carbons (Fsp3) is 0. The third-order valence-electron chi connectivity index (χ3n) is 1.40. The van der Waals surface area contributed by atoms with E-state index in [1.54, 1.807) is 0 Å². The first-order valence-electron chi connectivity index (χ1n) is 3.93. The van der Waals surface area contributed by atoms with Crippen LogP contribution in [0.4, 0.5) is 0 Å². The Bertz CT molecular complexity index is 254. The van der Waals surface area contributed by atoms with E-state index in [4.69, 9.17) is 0 Å². The van der Waals surface area contributed by atoms with Gasteiger partial charge in [-0.25, -0.2) is 12.1 Å². The molecule has 13 heavy (non-hydrogen) atoms. The van der Waals surface area contributed by atoms with Crippen LogP contribution in [0.1, 0.15) is 5.56 Å². The van der Waals surface area contributed by atoms with E-state index < -0.39 is 0 Å². The second-order valence-corrected chi connectivity index (χ2v) is 2.45. The van der Waals surface area contributed by atoms with Gasteiger partial charge in [-0.05, 0) is 0 Å². The first kappa shape index (κ1) is 12.2. The normalized spacial score (nSPS) is 7.69. The molecular weight excluding hydrogens is 192 g/mol. The third kappa shape index (κ3) is 6.33. The summed E-state index contributed by atoms with van der Waals surface area (Å²) in [5.74, 6) is 0. The molecule has 64 valence electrons. The van der Waals surface area contributed by atoms with Gasteiger partial charge in [0.05, 0.1) is 0 Å². The average Bonchev–Trinajstić information content (AvgIpc) is 2.62. The molecule has 0 unspecified atom stereocenters. The Morgan fingerprint density at radius 1 is 0.846 bits per heavy atom. The SMILES string of the molecule is [CH2-]c1ccccc1.[Ti+2].c1cc[cH-]c1. The predicted octanol–water partition coefficient (Wildman–Crippen LogP) is 3.27. The Morgan fingerprint density at radius 3 is 1.62 bits per heavy atom. The average molecular weight is 204 g/mol. The van der Waals surface area contributed by atoms with Crippen molar-refractivity contribution in [2.45, 2.75) is 0 Å². The molecule has 0 bridgehead atoms. The molecule has 2 rings (SSSR count). The molecule has 0 radical (unpaired) electrons. The molecule has 1 heteroatoms. The molecule has 0 aliphatic carbocycles. The molecule has 0 fully saturated rings. The quantitative estimate of drug-likeness (QED) is 0.456. The van der Waals surface area contributed by atoms with Crippen LogP contribution in [0.5, 0.6) is 0 Å². The maximum atomic E-state index is 3.72. The van der Waals surface area contributed by atoms with E-state index in [1.165, 1.54) is 0 Å². The summed E-state index contributed by atoms with van der Waals surface area (Å²) in [6, 6.07) is 19.9. The van der Waals surface area contributed by atoms with Crippen molar-refractivity contribution in [3.8, 4) is 0 Å². The zero-order valence-electron chi connectivity index (χ0n) is 7.48. The van der Waals surface area contributed by atoms with Gasteiger partial charge < -0.3 is 0 Å². The van der Waals surface area contributed by atoms with Crippen molar-refractivity contribution in [1.82, 2.24) is 0 Å². The van der Waals surface area contributed by atoms with E-state index in [1.807, 2.05) is 60.7 Å². The van der Waals surface area contributed by atoms with Crippen LogP contribution in [-0.4, -0.2) is 0 Å². The minimum absolute atomic E-state index is 0. The first-order chi connectivity index (χ1) is 5.89. The van der Waals surface area contributed by atoms with Crippen LogP contribution in [-0.2, 0) is 21.7 Å². The minimum atomic E-state index is 0. The van der Waals surface area contributed by atoms with Crippen LogP contribution in [0.15, 0.2) is 60.7 Å². The van der Waals surface area contributed by atoms with Gasteiger partial charge in [0.25, 0.3) is 0 Å². The molecule has 0 saturated carbocycles. The largest absolute Gasteiger partial charge is 2.00 e. The predicted molar refractivity (Wildman–Crippen MR) is 52.9 cm³/mol. The molecule has 0 aliphatic rings. The fourth-order valence-corrected chi connectivity index (χ4v) is 0.799. The van der Waals surface area contributed by atoms with Gasteiger partial charge in [-0.15, -0.1) is 12.1 Å². The van der Waals surface area contributed by atoms with Crippen molar-refractivity contribution in [2.75, 3.05) is 0 Å². The molecule has 2 aromatic rings. The van der Waals surface area contributed by atoms with Gasteiger partial charge >= 0.3 is 21.7 Å². The zero-order valence-corrected chi connectivity index (χ0v) is 9.04. The van der Waals surface area contributed by atoms with Crippen LogP contribution >= 0.6 is 0 Å². The Kier molecular flexibility index (Phi) is 7.28. The summed E-state index contributed by atoms with van der Waals surface area (Å²) in [6.45, 7) is 3.72. The monoisotopic (exact) mass is 204 g/mol. The minimum Gasteiger partial charge on any atom is -0.214 e. The van der Waals surface area contributed by atoms with E-state index in [0.717, 1.165) is 5.56 Å². The molecule has 0 heterocycles. The summed E-state index contributed by atoms with van der Waals surface area (Å²) in [5.41, 5.74) is 1.07. The van der Waals surface area contributed by atoms with Gasteiger partial charge in [0.15, 0.2) is 0 Å². The standard InChI is InChI=1S/C7H7.C5H5.Ti/c1-7-5-3-2-4-6-7;1-2-4-5-3-1;/h2-6H,1H2;1-5H;/q2*-1;+2. The van der Waals surface area contributed by atoms with Gasteiger partial charge in [-0.3, -0.25) is 0 Å². The van der Waals surface area contributed by atoms with E-state index >= 15 is 0 Å². The number of hydrogen-bond acceptors (Lipinski definition) is 0. The zero-order chi connectivity index (χ0) is 8.65. The molecule has 2 aromatic carbocycles. The maximum Gasteiger partial charge on any atom is 2.00 e. The summed E-state index contributed by atoms with van der Waals surface area (Å²) in [4.78, 5) is 0. The molecule has 0 amide bonds. The van der Waals surface area contributed by atoms with Crippen molar-refractivity contribution >= 4 is 0 Å². The van der Waals surface area contributed by atoms with Crippen molar-refractivity contribution < 1.29 is 21.7 Å². The Labute approximate surface area is 94.9 Å². The Hall–Kier alpha value is -0.846. The topological polar surface area (TPSA) is 0 Å². The molecule has 0 N–H and O–H groups in total. The number of hydrogen-bond donors (Lipinski definition) is 0. The Morgan fingerprint density at radius 2 is 1.38 bits per heavy atom. The van der Waals surface area contributed by atoms with E-state index in [0.29, 0.717) is 0 Å². The van der Waals surface area contributed by atoms with Gasteiger partial charge in [0.1, 0.15) is 0 Å². The second kappa shape index (κ2) is 7.79. The van der Waals surface area contributed by atoms with Crippen LogP contribution < -0.4 is 0 Å². The van der Waals surface area contributed by atoms with Crippen LogP contribution in [0.25, 0.3) is 0 Å². The molecule has 0 aliphatic heterocycles. The second-order valence-electron chi connectivity index (χ2n) is 2.45. The molecule has 0 spiro atoms. The number of rotatable bonds is 0. The summed E-state index contributed by atoms with van der Waals surface area (Å²) in [6.07, 6.45) is 0. The maximum absolute atomic E-state index is 3.72. The van der Waals surface area contributed by atoms with Crippen LogP contribution in [0.2, 0.25) is 0 Å². The van der Waals surface area contributed by atoms with E-state index in [9.17, 15) is 0 Å². The summed E-state index contributed by atoms with van der Waals surface area (Å²) >= 11 is 0. The van der Waals surface area contributed by atoms with Gasteiger partial charge in [0.2, 0.25) is 0 Å². The van der Waals surface area contributed by atoms with Gasteiger partial charge in [-0.1, -0.05) is 6.07 Å². The molecule has 0 nitrogen and oxygen atoms in total. The molecule has 0 saturated heterocycles. The Balaban J connectivity index is 0.000000215. The summed E-state index contributed by atoms with van der Waals surface area (Å²) in [7, 11) is 0. The molecule has 0 aromatic heterocycles. The fourth-order valence-electron chi connectivity index (χ4n) is 0.799. The van der Waals surface area contributed by atoms with Gasteiger partial charge in [0, 0.05) is 0 Å². The molecule has 0 atom stereocenters. The van der Waals surface area contributed by atoms with Gasteiger partial charge in [-0.2, -0.15) is 42.8 Å². The number of benzene rings is 1. The van der Waals surface area contributed by atoms with Crippen LogP contribution in [0.3, 0.4) is 0 Å². The third-order valence-corrected chi connectivity index (χ3v) is 1.40. The first-order valence-corrected chi connectivity index (χ1v) is 3.93. The van der Waals surface area contributed by atoms with Crippen molar-refractivity contribution in [1.29, 1.82) is 0 Å². The molecular formula is C12H12Ti. The smallest absolute Gasteiger partial charge is 0.214 e. The van der Waals surface area contributed by atoms with Crippen molar-refractivity contribution in [3.05, 3.63) is 73.2 Å².